The van der Waals surface area contributed by atoms with Gasteiger partial charge in [0.2, 0.25) is 5.43 Å². The number of nitrogens with zero attached hydrogens (tertiary/aromatic N) is 4. The van der Waals surface area contributed by atoms with Gasteiger partial charge in [-0.15, -0.1) is 0 Å². The van der Waals surface area contributed by atoms with E-state index in [1.54, 1.807) is 6.20 Å². The van der Waals surface area contributed by atoms with E-state index >= 15 is 4.39 Å². The highest BCUT2D eigenvalue weighted by molar-refractivity contribution is 6.02. The molecule has 236 valence electrons. The lowest BCUT2D eigenvalue weighted by Crippen LogP contribution is -2.45. The van der Waals surface area contributed by atoms with Gasteiger partial charge in [0.25, 0.3) is 5.91 Å². The molecule has 7 rings (SSSR count). The first-order chi connectivity index (χ1) is 21.9. The third kappa shape index (κ3) is 5.78. The molecule has 4 heterocycles. The highest BCUT2D eigenvalue weighted by Gasteiger charge is 2.29. The third-order valence-electron chi connectivity index (χ3n) is 9.72. The van der Waals surface area contributed by atoms with Crippen LogP contribution < -0.4 is 20.8 Å². The number of fused-ring (bicyclic) bond motifs is 3. The van der Waals surface area contributed by atoms with Gasteiger partial charge < -0.3 is 34.6 Å². The number of halogens is 1. The van der Waals surface area contributed by atoms with Crippen LogP contribution in [0.4, 0.5) is 10.1 Å². The van der Waals surface area contributed by atoms with E-state index in [4.69, 9.17) is 4.74 Å². The molecular formula is C35H41FN6O3. The minimum Gasteiger partial charge on any atom is -0.451 e. The largest absolute Gasteiger partial charge is 0.451 e. The smallest absolute Gasteiger partial charge is 0.256 e. The van der Waals surface area contributed by atoms with Crippen molar-refractivity contribution >= 4 is 33.3 Å². The summed E-state index contributed by atoms with van der Waals surface area (Å²) in [6, 6.07) is 13.6. The Morgan fingerprint density at radius 1 is 1.02 bits per heavy atom. The van der Waals surface area contributed by atoms with Crippen molar-refractivity contribution in [2.24, 2.45) is 0 Å². The number of aromatic nitrogens is 1. The van der Waals surface area contributed by atoms with Gasteiger partial charge in [0.05, 0.1) is 11.1 Å². The minimum absolute atomic E-state index is 0.0153. The summed E-state index contributed by atoms with van der Waals surface area (Å²) in [4.78, 5) is 34.3. The van der Waals surface area contributed by atoms with Gasteiger partial charge in [0.1, 0.15) is 16.8 Å². The Kier molecular flexibility index (Phi) is 8.20. The second-order valence-electron chi connectivity index (χ2n) is 12.7. The number of amides is 1. The van der Waals surface area contributed by atoms with Crippen molar-refractivity contribution in [2.45, 2.75) is 31.7 Å². The monoisotopic (exact) mass is 612 g/mol. The van der Waals surface area contributed by atoms with Gasteiger partial charge in [-0.2, -0.15) is 0 Å². The van der Waals surface area contributed by atoms with Crippen LogP contribution in [0.25, 0.3) is 27.4 Å². The Balaban J connectivity index is 1.22. The fourth-order valence-electron chi connectivity index (χ4n) is 7.01. The molecule has 1 amide bonds. The van der Waals surface area contributed by atoms with Crippen molar-refractivity contribution < 1.29 is 13.9 Å². The summed E-state index contributed by atoms with van der Waals surface area (Å²) in [5.74, 6) is -0.227. The van der Waals surface area contributed by atoms with Gasteiger partial charge in [-0.05, 0) is 81.8 Å². The van der Waals surface area contributed by atoms with Crippen molar-refractivity contribution in [3.63, 3.8) is 0 Å². The van der Waals surface area contributed by atoms with Crippen molar-refractivity contribution in [1.82, 2.24) is 24.6 Å². The van der Waals surface area contributed by atoms with E-state index in [-0.39, 0.29) is 22.4 Å². The van der Waals surface area contributed by atoms with Crippen LogP contribution in [0.1, 0.15) is 36.0 Å². The molecule has 1 aromatic heterocycles. The Labute approximate surface area is 262 Å². The number of anilines is 1. The Bertz CT molecular complexity index is 1820. The maximum Gasteiger partial charge on any atom is 0.256 e. The number of likely N-dealkylation sites (N-methyl/N-ethyl adjacent to an activating group) is 1. The SMILES string of the molecule is CN1CCN(CCCNC(=O)c2cn3c4c(c(NCCC5CCCN5C)c(F)cc4c2=O)Oc2cc4ccccc4cc2-3)CC1. The number of likely N-dealkylation sites (tertiary alicyclic amines) is 1. The summed E-state index contributed by atoms with van der Waals surface area (Å²) in [6.07, 6.45) is 5.54. The van der Waals surface area contributed by atoms with E-state index in [1.807, 2.05) is 41.0 Å². The highest BCUT2D eigenvalue weighted by atomic mass is 19.1. The lowest BCUT2D eigenvalue weighted by molar-refractivity contribution is 0.0948. The van der Waals surface area contributed by atoms with Crippen LogP contribution in [0.3, 0.4) is 0 Å². The molecule has 3 aliphatic heterocycles. The standard InChI is InChI=1S/C35H41FN6O3/c1-39-15-17-41(18-16-39)14-6-11-38-35(44)27-22-42-29-19-23-7-3-4-8-24(23)20-30(29)45-34-31(28(36)21-26(32(34)42)33(27)43)37-12-10-25-9-5-13-40(25)2/h3-4,7-8,19-22,25,37H,5-6,9-18H2,1-2H3,(H,38,44). The first-order valence-corrected chi connectivity index (χ1v) is 16.1. The van der Waals surface area contributed by atoms with E-state index < -0.39 is 17.2 Å². The number of nitrogens with one attached hydrogen (secondary N) is 2. The van der Waals surface area contributed by atoms with Crippen LogP contribution in [0.2, 0.25) is 0 Å². The molecule has 0 spiro atoms. The van der Waals surface area contributed by atoms with Gasteiger partial charge in [0.15, 0.2) is 17.3 Å². The molecule has 2 saturated heterocycles. The molecule has 0 radical (unpaired) electrons. The first-order valence-electron chi connectivity index (χ1n) is 16.1. The molecule has 0 saturated carbocycles. The second kappa shape index (κ2) is 12.4. The topological polar surface area (TPSA) is 82.1 Å². The zero-order chi connectivity index (χ0) is 31.1. The van der Waals surface area contributed by atoms with Gasteiger partial charge in [-0.1, -0.05) is 24.3 Å². The highest BCUT2D eigenvalue weighted by Crippen LogP contribution is 2.46. The number of hydrogen-bond acceptors (Lipinski definition) is 7. The molecule has 3 aliphatic rings. The number of carbonyl (C=O) groups is 1. The molecule has 0 aliphatic carbocycles. The Hall–Kier alpha value is -3.99. The lowest BCUT2D eigenvalue weighted by Gasteiger charge is -2.32. The number of ether oxygens (including phenoxy) is 1. The quantitative estimate of drug-likeness (QED) is 0.235. The number of rotatable bonds is 9. The van der Waals surface area contributed by atoms with Gasteiger partial charge in [-0.25, -0.2) is 4.39 Å². The molecule has 0 bridgehead atoms. The molecular weight excluding hydrogens is 571 g/mol. The predicted molar refractivity (Wildman–Crippen MR) is 177 cm³/mol. The molecule has 9 nitrogen and oxygen atoms in total. The number of benzene rings is 3. The maximum atomic E-state index is 15.9. The Morgan fingerprint density at radius 2 is 1.80 bits per heavy atom. The van der Waals surface area contributed by atoms with E-state index in [2.05, 4.69) is 39.4 Å². The van der Waals surface area contributed by atoms with E-state index in [1.165, 1.54) is 12.5 Å². The summed E-state index contributed by atoms with van der Waals surface area (Å²) in [6.45, 7) is 7.08. The van der Waals surface area contributed by atoms with Crippen molar-refractivity contribution in [1.29, 1.82) is 0 Å². The molecule has 45 heavy (non-hydrogen) atoms. The van der Waals surface area contributed by atoms with Gasteiger partial charge >= 0.3 is 0 Å². The summed E-state index contributed by atoms with van der Waals surface area (Å²) in [5, 5.41) is 8.32. The van der Waals surface area contributed by atoms with Crippen LogP contribution in [0, 0.1) is 5.82 Å². The predicted octanol–water partition coefficient (Wildman–Crippen LogP) is 4.65. The number of piperazine rings is 1. The molecule has 2 N–H and O–H groups in total. The van der Waals surface area contributed by atoms with Crippen LogP contribution >= 0.6 is 0 Å². The van der Waals surface area contributed by atoms with Crippen molar-refractivity contribution in [3.05, 3.63) is 70.3 Å². The normalized spacial score (nSPS) is 18.7. The van der Waals surface area contributed by atoms with E-state index in [9.17, 15) is 9.59 Å². The lowest BCUT2D eigenvalue weighted by atomic mass is 10.0. The number of carbonyl (C=O) groups excluding carboxylic acids is 1. The summed E-state index contributed by atoms with van der Waals surface area (Å²) in [5.41, 5.74) is 0.858. The third-order valence-corrected chi connectivity index (χ3v) is 9.72. The minimum atomic E-state index is -0.574. The molecule has 3 aromatic carbocycles. The fourth-order valence-corrected chi connectivity index (χ4v) is 7.01. The second-order valence-corrected chi connectivity index (χ2v) is 12.7. The summed E-state index contributed by atoms with van der Waals surface area (Å²) < 4.78 is 24.1. The van der Waals surface area contributed by atoms with Crippen LogP contribution in [0.5, 0.6) is 11.5 Å². The van der Waals surface area contributed by atoms with Gasteiger partial charge in [0, 0.05) is 51.5 Å². The summed E-state index contributed by atoms with van der Waals surface area (Å²) in [7, 11) is 4.25. The van der Waals surface area contributed by atoms with Crippen LogP contribution in [0.15, 0.2) is 53.5 Å². The van der Waals surface area contributed by atoms with E-state index in [0.29, 0.717) is 36.1 Å². The Morgan fingerprint density at radius 3 is 2.56 bits per heavy atom. The zero-order valence-electron chi connectivity index (χ0n) is 26.1. The first kappa shape index (κ1) is 29.7. The molecule has 1 unspecified atom stereocenters. The zero-order valence-corrected chi connectivity index (χ0v) is 26.1. The number of pyridine rings is 1. The average molecular weight is 613 g/mol. The van der Waals surface area contributed by atoms with Crippen LogP contribution in [-0.2, 0) is 0 Å². The fraction of sp³-hybridized carbons (Fsp3) is 0.429. The molecule has 2 fully saturated rings. The molecule has 1 atom stereocenters. The average Bonchev–Trinajstić information content (AvgIpc) is 3.45. The van der Waals surface area contributed by atoms with Crippen molar-refractivity contribution in [2.75, 3.05) is 71.8 Å². The maximum absolute atomic E-state index is 15.9. The van der Waals surface area contributed by atoms with Crippen LogP contribution in [-0.4, -0.2) is 97.7 Å². The van der Waals surface area contributed by atoms with Crippen molar-refractivity contribution in [3.8, 4) is 17.2 Å². The van der Waals surface area contributed by atoms with Gasteiger partial charge in [-0.3, -0.25) is 9.59 Å². The summed E-state index contributed by atoms with van der Waals surface area (Å²) >= 11 is 0. The molecule has 10 heteroatoms. The van der Waals surface area contributed by atoms with E-state index in [0.717, 1.165) is 69.3 Å². The molecule has 4 aromatic rings. The number of hydrogen-bond donors (Lipinski definition) is 2.